The molecular formula is C22H23FN4O2. The fraction of sp³-hybridized carbons (Fsp3) is 0.318. The number of para-hydroxylation sites is 2. The Bertz CT molecular complexity index is 974. The zero-order valence-electron chi connectivity index (χ0n) is 16.1. The Morgan fingerprint density at radius 2 is 1.59 bits per heavy atom. The highest BCUT2D eigenvalue weighted by Gasteiger charge is 2.24. The molecule has 29 heavy (non-hydrogen) atoms. The molecule has 0 aliphatic carbocycles. The highest BCUT2D eigenvalue weighted by atomic mass is 19.1. The summed E-state index contributed by atoms with van der Waals surface area (Å²) >= 11 is 0. The van der Waals surface area contributed by atoms with Crippen LogP contribution in [0.15, 0.2) is 48.5 Å². The number of carbonyl (C=O) groups excluding carboxylic acids is 2. The lowest BCUT2D eigenvalue weighted by atomic mass is 10.1. The molecule has 0 bridgehead atoms. The number of amides is 2. The molecule has 1 aliphatic rings. The fourth-order valence-electron chi connectivity index (χ4n) is 3.60. The molecule has 2 heterocycles. The lowest BCUT2D eigenvalue weighted by molar-refractivity contribution is -0.139. The number of aryl methyl sites for hydroxylation is 1. The van der Waals surface area contributed by atoms with E-state index in [4.69, 9.17) is 0 Å². The van der Waals surface area contributed by atoms with Gasteiger partial charge in [0.05, 0.1) is 17.5 Å². The van der Waals surface area contributed by atoms with Gasteiger partial charge in [0, 0.05) is 39.0 Å². The number of rotatable bonds is 5. The normalized spacial score (nSPS) is 14.4. The van der Waals surface area contributed by atoms with Crippen LogP contribution < -0.4 is 0 Å². The maximum Gasteiger partial charge on any atom is 0.227 e. The molecule has 7 heteroatoms. The molecule has 0 saturated carbocycles. The average molecular weight is 394 g/mol. The van der Waals surface area contributed by atoms with Gasteiger partial charge >= 0.3 is 0 Å². The summed E-state index contributed by atoms with van der Waals surface area (Å²) in [6.07, 6.45) is 1.21. The number of nitrogens with one attached hydrogen (secondary N) is 1. The van der Waals surface area contributed by atoms with Gasteiger partial charge in [-0.3, -0.25) is 9.59 Å². The van der Waals surface area contributed by atoms with Crippen molar-refractivity contribution in [1.29, 1.82) is 0 Å². The predicted molar refractivity (Wildman–Crippen MR) is 108 cm³/mol. The Hall–Kier alpha value is -3.22. The number of fused-ring (bicyclic) bond motifs is 1. The molecule has 4 rings (SSSR count). The number of benzene rings is 2. The van der Waals surface area contributed by atoms with Crippen molar-refractivity contribution in [3.05, 3.63) is 65.7 Å². The number of carbonyl (C=O) groups is 2. The lowest BCUT2D eigenvalue weighted by Crippen LogP contribution is -2.51. The summed E-state index contributed by atoms with van der Waals surface area (Å²) in [5, 5.41) is 0. The first-order chi connectivity index (χ1) is 14.1. The second-order valence-electron chi connectivity index (χ2n) is 7.27. The third-order valence-electron chi connectivity index (χ3n) is 5.27. The summed E-state index contributed by atoms with van der Waals surface area (Å²) in [5.41, 5.74) is 2.67. The Labute approximate surface area is 168 Å². The van der Waals surface area contributed by atoms with Gasteiger partial charge in [0.1, 0.15) is 11.6 Å². The van der Waals surface area contributed by atoms with Gasteiger partial charge in [-0.25, -0.2) is 9.37 Å². The summed E-state index contributed by atoms with van der Waals surface area (Å²) in [6.45, 7) is 2.12. The molecule has 1 N–H and O–H groups in total. The molecule has 6 nitrogen and oxygen atoms in total. The van der Waals surface area contributed by atoms with Gasteiger partial charge in [-0.2, -0.15) is 0 Å². The minimum atomic E-state index is -0.309. The van der Waals surface area contributed by atoms with E-state index in [1.165, 1.54) is 12.1 Å². The van der Waals surface area contributed by atoms with Crippen molar-refractivity contribution in [3.63, 3.8) is 0 Å². The van der Waals surface area contributed by atoms with E-state index in [1.807, 2.05) is 29.2 Å². The summed E-state index contributed by atoms with van der Waals surface area (Å²) < 4.78 is 13.0. The summed E-state index contributed by atoms with van der Waals surface area (Å²) in [5.74, 6) is 0.589. The number of hydrogen-bond donors (Lipinski definition) is 1. The summed E-state index contributed by atoms with van der Waals surface area (Å²) in [6, 6.07) is 13.8. The molecule has 0 atom stereocenters. The number of aromatic nitrogens is 2. The zero-order valence-corrected chi connectivity index (χ0v) is 16.1. The topological polar surface area (TPSA) is 69.3 Å². The molecule has 1 fully saturated rings. The molecule has 0 unspecified atom stereocenters. The second kappa shape index (κ2) is 8.43. The Morgan fingerprint density at radius 1 is 0.931 bits per heavy atom. The number of H-pyrrole nitrogens is 1. The smallest absolute Gasteiger partial charge is 0.227 e. The number of imidazole rings is 1. The highest BCUT2D eigenvalue weighted by Crippen LogP contribution is 2.13. The fourth-order valence-corrected chi connectivity index (χ4v) is 3.60. The van der Waals surface area contributed by atoms with Crippen LogP contribution in [0.25, 0.3) is 11.0 Å². The van der Waals surface area contributed by atoms with Gasteiger partial charge in [0.25, 0.3) is 0 Å². The number of hydrogen-bond acceptors (Lipinski definition) is 3. The molecule has 2 amide bonds. The standard InChI is InChI=1S/C22H23FN4O2/c23-17-7-5-16(6-8-17)15-22(29)27-13-11-26(12-14-27)21(28)10-9-20-24-18-3-1-2-4-19(18)25-20/h1-8H,9-15H2,(H,24,25). The molecule has 1 saturated heterocycles. The van der Waals surface area contributed by atoms with Crippen LogP contribution in [0.1, 0.15) is 17.8 Å². The minimum absolute atomic E-state index is 0.00554. The largest absolute Gasteiger partial charge is 0.342 e. The molecule has 0 spiro atoms. The molecule has 150 valence electrons. The van der Waals surface area contributed by atoms with Gasteiger partial charge < -0.3 is 14.8 Å². The van der Waals surface area contributed by atoms with E-state index in [1.54, 1.807) is 17.0 Å². The number of aromatic amines is 1. The van der Waals surface area contributed by atoms with E-state index >= 15 is 0 Å². The highest BCUT2D eigenvalue weighted by molar-refractivity contribution is 5.80. The Kier molecular flexibility index (Phi) is 5.55. The van der Waals surface area contributed by atoms with Crippen molar-refractivity contribution in [2.45, 2.75) is 19.3 Å². The summed E-state index contributed by atoms with van der Waals surface area (Å²) in [4.78, 5) is 36.3. The van der Waals surface area contributed by atoms with E-state index in [2.05, 4.69) is 9.97 Å². The quantitative estimate of drug-likeness (QED) is 0.723. The van der Waals surface area contributed by atoms with E-state index in [0.29, 0.717) is 39.0 Å². The first kappa shape index (κ1) is 19.1. The average Bonchev–Trinajstić information content (AvgIpc) is 3.17. The molecular weight excluding hydrogens is 371 g/mol. The van der Waals surface area contributed by atoms with E-state index in [0.717, 1.165) is 22.4 Å². The third-order valence-corrected chi connectivity index (χ3v) is 5.27. The lowest BCUT2D eigenvalue weighted by Gasteiger charge is -2.35. The summed E-state index contributed by atoms with van der Waals surface area (Å²) in [7, 11) is 0. The monoisotopic (exact) mass is 394 g/mol. The Balaban J connectivity index is 1.24. The first-order valence-electron chi connectivity index (χ1n) is 9.82. The molecule has 0 radical (unpaired) electrons. The van der Waals surface area contributed by atoms with Crippen LogP contribution in [0.3, 0.4) is 0 Å². The maximum atomic E-state index is 13.0. The van der Waals surface area contributed by atoms with Crippen molar-refractivity contribution in [3.8, 4) is 0 Å². The van der Waals surface area contributed by atoms with E-state index < -0.39 is 0 Å². The first-order valence-corrected chi connectivity index (χ1v) is 9.82. The van der Waals surface area contributed by atoms with Crippen LogP contribution in [-0.4, -0.2) is 57.8 Å². The van der Waals surface area contributed by atoms with Crippen molar-refractivity contribution >= 4 is 22.8 Å². The number of halogens is 1. The van der Waals surface area contributed by atoms with Crippen LogP contribution in [0, 0.1) is 5.82 Å². The number of piperazine rings is 1. The molecule has 1 aromatic heterocycles. The van der Waals surface area contributed by atoms with Gasteiger partial charge in [-0.05, 0) is 29.8 Å². The molecule has 1 aliphatic heterocycles. The van der Waals surface area contributed by atoms with Crippen molar-refractivity contribution in [1.82, 2.24) is 19.8 Å². The van der Waals surface area contributed by atoms with Crippen LogP contribution in [-0.2, 0) is 22.4 Å². The van der Waals surface area contributed by atoms with Crippen molar-refractivity contribution < 1.29 is 14.0 Å². The molecule has 3 aromatic rings. The van der Waals surface area contributed by atoms with Gasteiger partial charge in [0.15, 0.2) is 0 Å². The van der Waals surface area contributed by atoms with Crippen LogP contribution >= 0.6 is 0 Å². The third kappa shape index (κ3) is 4.62. The van der Waals surface area contributed by atoms with Crippen molar-refractivity contribution in [2.75, 3.05) is 26.2 Å². The van der Waals surface area contributed by atoms with Crippen LogP contribution in [0.5, 0.6) is 0 Å². The predicted octanol–water partition coefficient (Wildman–Crippen LogP) is 2.55. The van der Waals surface area contributed by atoms with Crippen LogP contribution in [0.2, 0.25) is 0 Å². The van der Waals surface area contributed by atoms with Gasteiger partial charge in [-0.1, -0.05) is 24.3 Å². The number of nitrogens with zero attached hydrogens (tertiary/aromatic N) is 3. The minimum Gasteiger partial charge on any atom is -0.342 e. The van der Waals surface area contributed by atoms with Crippen LogP contribution in [0.4, 0.5) is 4.39 Å². The van der Waals surface area contributed by atoms with Crippen molar-refractivity contribution in [2.24, 2.45) is 0 Å². The Morgan fingerprint density at radius 3 is 2.28 bits per heavy atom. The van der Waals surface area contributed by atoms with Gasteiger partial charge in [-0.15, -0.1) is 0 Å². The second-order valence-corrected chi connectivity index (χ2v) is 7.27. The molecule has 2 aromatic carbocycles. The van der Waals surface area contributed by atoms with Gasteiger partial charge in [0.2, 0.25) is 11.8 Å². The van der Waals surface area contributed by atoms with E-state index in [9.17, 15) is 14.0 Å². The maximum absolute atomic E-state index is 13.0. The van der Waals surface area contributed by atoms with E-state index in [-0.39, 0.29) is 24.1 Å². The zero-order chi connectivity index (χ0) is 20.2. The SMILES string of the molecule is O=C(CCc1nc2ccccc2[nH]1)N1CCN(C(=O)Cc2ccc(F)cc2)CC1.